The normalized spacial score (nSPS) is 20.2. The largest absolute Gasteiger partial charge is 0.378 e. The van der Waals surface area contributed by atoms with Crippen molar-refractivity contribution in [3.05, 3.63) is 101 Å². The number of carbonyl (C=O) groups is 1. The van der Waals surface area contributed by atoms with Crippen LogP contribution in [0.2, 0.25) is 0 Å². The summed E-state index contributed by atoms with van der Waals surface area (Å²) in [5.41, 5.74) is 7.58. The van der Waals surface area contributed by atoms with Gasteiger partial charge in [0, 0.05) is 51.0 Å². The van der Waals surface area contributed by atoms with E-state index in [1.165, 1.54) is 16.8 Å². The van der Waals surface area contributed by atoms with E-state index in [2.05, 4.69) is 78.5 Å². The van der Waals surface area contributed by atoms with Gasteiger partial charge in [0.2, 0.25) is 0 Å². The maximum atomic E-state index is 13.7. The molecule has 3 aromatic carbocycles. The van der Waals surface area contributed by atoms with Crippen molar-refractivity contribution in [2.24, 2.45) is 11.0 Å². The molecule has 1 fully saturated rings. The Morgan fingerprint density at radius 1 is 0.861 bits per heavy atom. The van der Waals surface area contributed by atoms with E-state index >= 15 is 0 Å². The Bertz CT molecular complexity index is 1270. The summed E-state index contributed by atoms with van der Waals surface area (Å²) in [4.78, 5) is 17.9. The van der Waals surface area contributed by atoms with Crippen molar-refractivity contribution in [3.63, 3.8) is 0 Å². The molecule has 5 heteroatoms. The first-order chi connectivity index (χ1) is 17.4. The molecule has 2 atom stereocenters. The molecule has 3 aromatic rings. The van der Waals surface area contributed by atoms with Gasteiger partial charge in [-0.1, -0.05) is 42.5 Å². The highest BCUT2D eigenvalue weighted by atomic mass is 16.2. The van der Waals surface area contributed by atoms with Crippen LogP contribution in [0.25, 0.3) is 6.08 Å². The van der Waals surface area contributed by atoms with Crippen molar-refractivity contribution in [3.8, 4) is 0 Å². The molecule has 1 saturated carbocycles. The zero-order valence-electron chi connectivity index (χ0n) is 21.6. The third-order valence-electron chi connectivity index (χ3n) is 7.23. The summed E-state index contributed by atoms with van der Waals surface area (Å²) in [5, 5.41) is 6.78. The molecule has 184 valence electrons. The van der Waals surface area contributed by atoms with Gasteiger partial charge in [0.15, 0.2) is 0 Å². The van der Waals surface area contributed by atoms with E-state index in [-0.39, 0.29) is 17.9 Å². The van der Waals surface area contributed by atoms with Crippen LogP contribution in [-0.4, -0.2) is 44.8 Å². The lowest BCUT2D eigenvalue weighted by atomic mass is 9.77. The highest BCUT2D eigenvalue weighted by Crippen LogP contribution is 2.45. The van der Waals surface area contributed by atoms with Gasteiger partial charge in [-0.15, -0.1) is 0 Å². The van der Waals surface area contributed by atoms with Gasteiger partial charge in [-0.25, -0.2) is 5.01 Å². The van der Waals surface area contributed by atoms with E-state index in [0.29, 0.717) is 5.56 Å². The van der Waals surface area contributed by atoms with Gasteiger partial charge in [-0.2, -0.15) is 5.10 Å². The number of nitrogens with zero attached hydrogens (tertiary/aromatic N) is 4. The van der Waals surface area contributed by atoms with E-state index < -0.39 is 0 Å². The average molecular weight is 479 g/mol. The number of rotatable bonds is 5. The minimum Gasteiger partial charge on any atom is -0.378 e. The van der Waals surface area contributed by atoms with Crippen LogP contribution in [-0.2, 0) is 0 Å². The summed E-state index contributed by atoms with van der Waals surface area (Å²) < 4.78 is 0. The standard InChI is InChI=1S/C31H34N4O/c1-33(2)26-17-13-22(14-18-26)21-25-11-8-12-28-29(25)32-35(31(36)24-9-6-5-7-10-24)30(28)23-15-19-27(20-16-23)34(3)4/h5-7,9-10,13-21,28,30H,8,11-12H2,1-4H3/b25-21+/t28-,30-/m0/s1. The second-order valence-corrected chi connectivity index (χ2v) is 10.1. The lowest BCUT2D eigenvalue weighted by molar-refractivity contribution is 0.0681. The SMILES string of the molecule is CN(C)c1ccc(/C=C2\CCC[C@H]3C2=NN(C(=O)c2ccccc2)[C@H]3c2ccc(N(C)C)cc2)cc1. The molecule has 0 radical (unpaired) electrons. The smallest absolute Gasteiger partial charge is 0.274 e. The topological polar surface area (TPSA) is 39.1 Å². The number of hydrogen-bond donors (Lipinski definition) is 0. The van der Waals surface area contributed by atoms with Gasteiger partial charge < -0.3 is 9.80 Å². The van der Waals surface area contributed by atoms with Gasteiger partial charge in [0.05, 0.1) is 11.8 Å². The van der Waals surface area contributed by atoms with E-state index in [0.717, 1.165) is 36.2 Å². The Labute approximate surface area is 214 Å². The van der Waals surface area contributed by atoms with Crippen LogP contribution in [0.4, 0.5) is 11.4 Å². The van der Waals surface area contributed by atoms with Crippen LogP contribution in [0, 0.1) is 5.92 Å². The molecule has 0 aromatic heterocycles. The first-order valence-corrected chi connectivity index (χ1v) is 12.6. The first kappa shape index (κ1) is 23.9. The minimum absolute atomic E-state index is 0.0473. The molecule has 0 bridgehead atoms. The Balaban J connectivity index is 1.54. The molecule has 0 unspecified atom stereocenters. The summed E-state index contributed by atoms with van der Waals surface area (Å²) in [5.74, 6) is 0.137. The summed E-state index contributed by atoms with van der Waals surface area (Å²) in [7, 11) is 8.19. The predicted molar refractivity (Wildman–Crippen MR) is 150 cm³/mol. The van der Waals surface area contributed by atoms with Gasteiger partial charge in [-0.05, 0) is 78.4 Å². The van der Waals surface area contributed by atoms with Crippen LogP contribution in [0.15, 0.2) is 89.5 Å². The number of hydrazone groups is 1. The van der Waals surface area contributed by atoms with Crippen molar-refractivity contribution in [1.29, 1.82) is 0 Å². The number of hydrogen-bond acceptors (Lipinski definition) is 4. The van der Waals surface area contributed by atoms with Crippen molar-refractivity contribution in [1.82, 2.24) is 5.01 Å². The molecule has 0 N–H and O–H groups in total. The monoisotopic (exact) mass is 478 g/mol. The Morgan fingerprint density at radius 3 is 2.08 bits per heavy atom. The molecule has 36 heavy (non-hydrogen) atoms. The number of amides is 1. The first-order valence-electron chi connectivity index (χ1n) is 12.6. The van der Waals surface area contributed by atoms with Crippen LogP contribution in [0.5, 0.6) is 0 Å². The number of benzene rings is 3. The molecule has 1 heterocycles. The molecule has 0 saturated heterocycles. The van der Waals surface area contributed by atoms with Gasteiger partial charge in [-0.3, -0.25) is 4.79 Å². The summed E-state index contributed by atoms with van der Waals surface area (Å²) >= 11 is 0. The molecule has 5 rings (SSSR count). The number of anilines is 2. The van der Waals surface area contributed by atoms with E-state index in [1.807, 2.05) is 44.4 Å². The highest BCUT2D eigenvalue weighted by Gasteiger charge is 2.43. The van der Waals surface area contributed by atoms with Gasteiger partial charge in [0.1, 0.15) is 0 Å². The molecular formula is C31H34N4O. The fourth-order valence-electron chi connectivity index (χ4n) is 5.25. The zero-order chi connectivity index (χ0) is 25.2. The lowest BCUT2D eigenvalue weighted by Crippen LogP contribution is -2.32. The third kappa shape index (κ3) is 4.66. The van der Waals surface area contributed by atoms with E-state index in [1.54, 1.807) is 5.01 Å². The zero-order valence-corrected chi connectivity index (χ0v) is 21.6. The van der Waals surface area contributed by atoms with Crippen molar-refractivity contribution >= 4 is 29.1 Å². The van der Waals surface area contributed by atoms with Gasteiger partial charge in [0.25, 0.3) is 5.91 Å². The van der Waals surface area contributed by atoms with E-state index in [9.17, 15) is 4.79 Å². The molecular weight excluding hydrogens is 444 g/mol. The van der Waals surface area contributed by atoms with Crippen LogP contribution in [0.3, 0.4) is 0 Å². The summed E-state index contributed by atoms with van der Waals surface area (Å²) in [6, 6.07) is 26.6. The fourth-order valence-corrected chi connectivity index (χ4v) is 5.25. The third-order valence-corrected chi connectivity index (χ3v) is 7.23. The quantitative estimate of drug-likeness (QED) is 0.435. The van der Waals surface area contributed by atoms with Crippen LogP contribution < -0.4 is 9.80 Å². The maximum absolute atomic E-state index is 13.7. The van der Waals surface area contributed by atoms with Crippen molar-refractivity contribution in [2.75, 3.05) is 38.0 Å². The molecule has 2 aliphatic rings. The van der Waals surface area contributed by atoms with Crippen molar-refractivity contribution < 1.29 is 4.79 Å². The number of fused-ring (bicyclic) bond motifs is 1. The summed E-state index contributed by atoms with van der Waals surface area (Å²) in [6.45, 7) is 0. The van der Waals surface area contributed by atoms with Crippen LogP contribution in [0.1, 0.15) is 46.8 Å². The second kappa shape index (κ2) is 10.0. The average Bonchev–Trinajstić information content (AvgIpc) is 3.30. The second-order valence-electron chi connectivity index (χ2n) is 10.1. The molecule has 0 spiro atoms. The lowest BCUT2D eigenvalue weighted by Gasteiger charge is -2.30. The Morgan fingerprint density at radius 2 is 1.47 bits per heavy atom. The Kier molecular flexibility index (Phi) is 6.64. The maximum Gasteiger partial charge on any atom is 0.274 e. The number of allylic oxidation sites excluding steroid dienone is 1. The Hall–Kier alpha value is -3.86. The highest BCUT2D eigenvalue weighted by molar-refractivity contribution is 6.09. The van der Waals surface area contributed by atoms with Crippen LogP contribution >= 0.6 is 0 Å². The summed E-state index contributed by atoms with van der Waals surface area (Å²) in [6.07, 6.45) is 5.34. The number of carbonyl (C=O) groups excluding carboxylic acids is 1. The minimum atomic E-state index is -0.108. The fraction of sp³-hybridized carbons (Fsp3) is 0.290. The molecule has 1 aliphatic carbocycles. The van der Waals surface area contributed by atoms with Gasteiger partial charge >= 0.3 is 0 Å². The predicted octanol–water partition coefficient (Wildman–Crippen LogP) is 6.26. The van der Waals surface area contributed by atoms with E-state index in [4.69, 9.17) is 5.10 Å². The van der Waals surface area contributed by atoms with Crippen molar-refractivity contribution in [2.45, 2.75) is 25.3 Å². The molecule has 1 amide bonds. The molecule has 5 nitrogen and oxygen atoms in total. The molecule has 1 aliphatic heterocycles.